The lowest BCUT2D eigenvalue weighted by molar-refractivity contribution is 0.0554. The van der Waals surface area contributed by atoms with E-state index in [2.05, 4.69) is 16.0 Å². The van der Waals surface area contributed by atoms with Gasteiger partial charge in [0.1, 0.15) is 0 Å². The number of pyridine rings is 1. The van der Waals surface area contributed by atoms with E-state index in [1.165, 1.54) is 5.69 Å². The first-order chi connectivity index (χ1) is 7.29. The maximum Gasteiger partial charge on any atom is 0.0885 e. The van der Waals surface area contributed by atoms with Gasteiger partial charge in [0.15, 0.2) is 0 Å². The van der Waals surface area contributed by atoms with Gasteiger partial charge >= 0.3 is 0 Å². The van der Waals surface area contributed by atoms with E-state index in [1.54, 1.807) is 0 Å². The van der Waals surface area contributed by atoms with Gasteiger partial charge in [-0.25, -0.2) is 0 Å². The van der Waals surface area contributed by atoms with E-state index in [0.29, 0.717) is 5.88 Å². The monoisotopic (exact) mass is 226 g/mol. The second-order valence-corrected chi connectivity index (χ2v) is 4.06. The van der Waals surface area contributed by atoms with Gasteiger partial charge in [-0.15, -0.1) is 11.6 Å². The van der Waals surface area contributed by atoms with Crippen LogP contribution in [-0.2, 0) is 4.74 Å². The van der Waals surface area contributed by atoms with Gasteiger partial charge in [0.05, 0.1) is 18.6 Å². The molecule has 0 N–H and O–H groups in total. The van der Waals surface area contributed by atoms with Gasteiger partial charge in [-0.05, 0) is 19.1 Å². The summed E-state index contributed by atoms with van der Waals surface area (Å²) in [5.41, 5.74) is 2.25. The van der Waals surface area contributed by atoms with Crippen molar-refractivity contribution in [3.8, 4) is 0 Å². The minimum Gasteiger partial charge on any atom is -0.373 e. The zero-order valence-corrected chi connectivity index (χ0v) is 9.57. The minimum absolute atomic E-state index is 0.147. The number of nitrogens with zero attached hydrogens (tertiary/aromatic N) is 2. The first kappa shape index (κ1) is 10.7. The molecule has 0 spiro atoms. The molecule has 1 aliphatic rings. The summed E-state index contributed by atoms with van der Waals surface area (Å²) < 4.78 is 5.52. The molecule has 0 aliphatic carbocycles. The van der Waals surface area contributed by atoms with Crippen LogP contribution in [-0.4, -0.2) is 36.7 Å². The third-order valence-electron chi connectivity index (χ3n) is 2.56. The molecule has 4 heteroatoms. The lowest BCUT2D eigenvalue weighted by atomic mass is 10.2. The highest BCUT2D eigenvalue weighted by atomic mass is 35.5. The van der Waals surface area contributed by atoms with Crippen LogP contribution < -0.4 is 4.90 Å². The molecular weight excluding hydrogens is 212 g/mol. The lowest BCUT2D eigenvalue weighted by Gasteiger charge is -2.33. The molecule has 0 bridgehead atoms. The first-order valence-corrected chi connectivity index (χ1v) is 5.68. The second-order valence-electron chi connectivity index (χ2n) is 3.75. The van der Waals surface area contributed by atoms with Crippen molar-refractivity contribution in [1.29, 1.82) is 0 Å². The minimum atomic E-state index is 0.147. The molecule has 1 fully saturated rings. The fourth-order valence-electron chi connectivity index (χ4n) is 1.77. The normalized spacial score (nSPS) is 21.7. The van der Waals surface area contributed by atoms with E-state index in [9.17, 15) is 0 Å². The third-order valence-corrected chi connectivity index (χ3v) is 2.90. The van der Waals surface area contributed by atoms with Crippen molar-refractivity contribution in [3.05, 3.63) is 24.0 Å². The molecule has 0 radical (unpaired) electrons. The van der Waals surface area contributed by atoms with Crippen molar-refractivity contribution >= 4 is 17.3 Å². The van der Waals surface area contributed by atoms with Gasteiger partial charge < -0.3 is 9.64 Å². The van der Waals surface area contributed by atoms with Gasteiger partial charge in [0.25, 0.3) is 0 Å². The van der Waals surface area contributed by atoms with Crippen LogP contribution in [0, 0.1) is 6.92 Å². The molecule has 0 amide bonds. The smallest absolute Gasteiger partial charge is 0.0885 e. The van der Waals surface area contributed by atoms with Crippen LogP contribution in [0.4, 0.5) is 5.69 Å². The van der Waals surface area contributed by atoms with Crippen LogP contribution >= 0.6 is 11.6 Å². The number of anilines is 1. The van der Waals surface area contributed by atoms with E-state index in [1.807, 2.05) is 19.2 Å². The molecule has 82 valence electrons. The van der Waals surface area contributed by atoms with Crippen molar-refractivity contribution in [3.63, 3.8) is 0 Å². The van der Waals surface area contributed by atoms with E-state index >= 15 is 0 Å². The highest BCUT2D eigenvalue weighted by molar-refractivity contribution is 6.18. The highest BCUT2D eigenvalue weighted by Gasteiger charge is 2.19. The van der Waals surface area contributed by atoms with E-state index in [4.69, 9.17) is 16.3 Å². The SMILES string of the molecule is Cc1cc(N2CCOC(CCl)C2)ccn1. The van der Waals surface area contributed by atoms with Crippen LogP contribution in [0.1, 0.15) is 5.69 Å². The number of alkyl halides is 1. The molecule has 15 heavy (non-hydrogen) atoms. The number of morpholine rings is 1. The first-order valence-electron chi connectivity index (χ1n) is 5.15. The van der Waals surface area contributed by atoms with Crippen LogP contribution in [0.5, 0.6) is 0 Å². The Hall–Kier alpha value is -0.800. The second kappa shape index (κ2) is 4.81. The number of halogens is 1. The number of ether oxygens (including phenoxy) is 1. The Morgan fingerprint density at radius 3 is 3.27 bits per heavy atom. The Balaban J connectivity index is 2.09. The van der Waals surface area contributed by atoms with E-state index < -0.39 is 0 Å². The van der Waals surface area contributed by atoms with Crippen molar-refractivity contribution in [2.24, 2.45) is 0 Å². The molecule has 0 aromatic carbocycles. The average molecular weight is 227 g/mol. The van der Waals surface area contributed by atoms with Gasteiger partial charge in [-0.1, -0.05) is 0 Å². The van der Waals surface area contributed by atoms with Crippen molar-refractivity contribution in [2.45, 2.75) is 13.0 Å². The molecule has 1 atom stereocenters. The summed E-state index contributed by atoms with van der Waals surface area (Å²) in [5.74, 6) is 0.556. The molecule has 1 aromatic rings. The third kappa shape index (κ3) is 2.61. The Kier molecular flexibility index (Phi) is 3.44. The van der Waals surface area contributed by atoms with Crippen LogP contribution in [0.3, 0.4) is 0 Å². The van der Waals surface area contributed by atoms with Crippen molar-refractivity contribution in [1.82, 2.24) is 4.98 Å². The number of aromatic nitrogens is 1. The number of hydrogen-bond acceptors (Lipinski definition) is 3. The molecule has 1 unspecified atom stereocenters. The fraction of sp³-hybridized carbons (Fsp3) is 0.545. The maximum absolute atomic E-state index is 5.80. The molecule has 1 saturated heterocycles. The van der Waals surface area contributed by atoms with Gasteiger partial charge in [0.2, 0.25) is 0 Å². The highest BCUT2D eigenvalue weighted by Crippen LogP contribution is 2.18. The molecule has 0 saturated carbocycles. The van der Waals surface area contributed by atoms with Gasteiger partial charge in [-0.2, -0.15) is 0 Å². The zero-order chi connectivity index (χ0) is 10.7. The van der Waals surface area contributed by atoms with E-state index in [0.717, 1.165) is 25.4 Å². The van der Waals surface area contributed by atoms with E-state index in [-0.39, 0.29) is 6.10 Å². The Morgan fingerprint density at radius 1 is 1.67 bits per heavy atom. The van der Waals surface area contributed by atoms with Crippen LogP contribution in [0.2, 0.25) is 0 Å². The summed E-state index contributed by atoms with van der Waals surface area (Å²) >= 11 is 5.80. The zero-order valence-electron chi connectivity index (χ0n) is 8.82. The standard InChI is InChI=1S/C11H15ClN2O/c1-9-6-10(2-3-13-9)14-4-5-15-11(7-12)8-14/h2-3,6,11H,4-5,7-8H2,1H3. The Morgan fingerprint density at radius 2 is 2.53 bits per heavy atom. The predicted molar refractivity (Wildman–Crippen MR) is 61.6 cm³/mol. The number of hydrogen-bond donors (Lipinski definition) is 0. The summed E-state index contributed by atoms with van der Waals surface area (Å²) in [6, 6.07) is 4.13. The quantitative estimate of drug-likeness (QED) is 0.720. The molecule has 2 rings (SSSR count). The average Bonchev–Trinajstić information content (AvgIpc) is 2.29. The van der Waals surface area contributed by atoms with Gasteiger partial charge in [0, 0.05) is 30.7 Å². The fourth-order valence-corrected chi connectivity index (χ4v) is 1.96. The lowest BCUT2D eigenvalue weighted by Crippen LogP contribution is -2.43. The number of rotatable bonds is 2. The summed E-state index contributed by atoms with van der Waals surface area (Å²) in [5, 5.41) is 0. The molecular formula is C11H15ClN2O. The largest absolute Gasteiger partial charge is 0.373 e. The van der Waals surface area contributed by atoms with Crippen LogP contribution in [0.25, 0.3) is 0 Å². The summed E-state index contributed by atoms with van der Waals surface area (Å²) in [4.78, 5) is 6.49. The van der Waals surface area contributed by atoms with Crippen molar-refractivity contribution < 1.29 is 4.74 Å². The Labute approximate surface area is 95.0 Å². The van der Waals surface area contributed by atoms with Crippen LogP contribution in [0.15, 0.2) is 18.3 Å². The summed E-state index contributed by atoms with van der Waals surface area (Å²) in [7, 11) is 0. The molecule has 2 heterocycles. The summed E-state index contributed by atoms with van der Waals surface area (Å²) in [6.07, 6.45) is 1.99. The molecule has 1 aliphatic heterocycles. The molecule has 3 nitrogen and oxygen atoms in total. The topological polar surface area (TPSA) is 25.4 Å². The van der Waals surface area contributed by atoms with Gasteiger partial charge in [-0.3, -0.25) is 4.98 Å². The summed E-state index contributed by atoms with van der Waals surface area (Å²) in [6.45, 7) is 4.55. The maximum atomic E-state index is 5.80. The Bertz CT molecular complexity index is 332. The number of aryl methyl sites for hydroxylation is 1. The molecule has 1 aromatic heterocycles. The predicted octanol–water partition coefficient (Wildman–Crippen LogP) is 1.83. The van der Waals surface area contributed by atoms with Crippen molar-refractivity contribution in [2.75, 3.05) is 30.5 Å².